The standard InChI is InChI=1S/C21H24F2N2O4/c1-21(27,20(22)23)18(19(26)25-28)24-12-4-5-14-8-10-15(11-9-14)16-6-3-7-17(13-16)29-2/h3-11,13,18,20,24,27-28H,12H2,1-2H3,(H,25,26)/b5-4+/t18-,21+/m1/s1. The largest absolute Gasteiger partial charge is 0.497 e. The fraction of sp³-hybridized carbons (Fsp3) is 0.286. The molecule has 0 spiro atoms. The van der Waals surface area contributed by atoms with E-state index in [1.807, 2.05) is 48.5 Å². The summed E-state index contributed by atoms with van der Waals surface area (Å²) in [6.07, 6.45) is 0.193. The Hall–Kier alpha value is -2.81. The van der Waals surface area contributed by atoms with Crippen LogP contribution < -0.4 is 15.5 Å². The molecule has 4 N–H and O–H groups in total. The van der Waals surface area contributed by atoms with E-state index in [4.69, 9.17) is 9.94 Å². The number of aliphatic hydroxyl groups is 1. The molecule has 0 unspecified atom stereocenters. The summed E-state index contributed by atoms with van der Waals surface area (Å²) in [5, 5.41) is 21.1. The van der Waals surface area contributed by atoms with Gasteiger partial charge < -0.3 is 9.84 Å². The number of carbonyl (C=O) groups excluding carboxylic acids is 1. The summed E-state index contributed by atoms with van der Waals surface area (Å²) in [5.74, 6) is -0.384. The van der Waals surface area contributed by atoms with Crippen LogP contribution in [0, 0.1) is 0 Å². The van der Waals surface area contributed by atoms with Crippen LogP contribution in [-0.2, 0) is 4.79 Å². The number of rotatable bonds is 9. The van der Waals surface area contributed by atoms with E-state index in [0.717, 1.165) is 29.4 Å². The Labute approximate surface area is 167 Å². The summed E-state index contributed by atoms with van der Waals surface area (Å²) in [4.78, 5) is 11.6. The van der Waals surface area contributed by atoms with E-state index in [0.29, 0.717) is 0 Å². The zero-order valence-electron chi connectivity index (χ0n) is 16.1. The highest BCUT2D eigenvalue weighted by atomic mass is 19.3. The van der Waals surface area contributed by atoms with Crippen molar-refractivity contribution in [2.45, 2.75) is 25.0 Å². The van der Waals surface area contributed by atoms with Crippen molar-refractivity contribution in [2.24, 2.45) is 0 Å². The van der Waals surface area contributed by atoms with Crippen LogP contribution in [0.1, 0.15) is 12.5 Å². The van der Waals surface area contributed by atoms with Gasteiger partial charge in [-0.25, -0.2) is 14.3 Å². The number of hydroxylamine groups is 1. The van der Waals surface area contributed by atoms with Crippen LogP contribution in [0.25, 0.3) is 17.2 Å². The number of hydrogen-bond donors (Lipinski definition) is 4. The summed E-state index contributed by atoms with van der Waals surface area (Å²) in [7, 11) is 1.61. The molecule has 8 heteroatoms. The van der Waals surface area contributed by atoms with Crippen LogP contribution in [-0.4, -0.2) is 47.9 Å². The Kier molecular flexibility index (Phi) is 7.83. The van der Waals surface area contributed by atoms with Gasteiger partial charge in [0.15, 0.2) is 0 Å². The Morgan fingerprint density at radius 3 is 2.48 bits per heavy atom. The number of ether oxygens (including phenoxy) is 1. The third-order valence-corrected chi connectivity index (χ3v) is 4.46. The second-order valence-electron chi connectivity index (χ2n) is 6.60. The number of carbonyl (C=O) groups is 1. The summed E-state index contributed by atoms with van der Waals surface area (Å²) in [6, 6.07) is 13.6. The number of methoxy groups -OCH3 is 1. The van der Waals surface area contributed by atoms with Gasteiger partial charge in [-0.05, 0) is 35.7 Å². The van der Waals surface area contributed by atoms with E-state index in [-0.39, 0.29) is 6.54 Å². The summed E-state index contributed by atoms with van der Waals surface area (Å²) in [6.45, 7) is 0.851. The van der Waals surface area contributed by atoms with Crippen molar-refractivity contribution in [1.82, 2.24) is 10.8 Å². The van der Waals surface area contributed by atoms with Crippen molar-refractivity contribution in [3.05, 3.63) is 60.2 Å². The highest BCUT2D eigenvalue weighted by Gasteiger charge is 2.44. The van der Waals surface area contributed by atoms with Gasteiger partial charge in [0.1, 0.15) is 17.4 Å². The summed E-state index contributed by atoms with van der Waals surface area (Å²) in [5.41, 5.74) is 1.52. The van der Waals surface area contributed by atoms with E-state index < -0.39 is 24.0 Å². The van der Waals surface area contributed by atoms with Gasteiger partial charge in [0.05, 0.1) is 7.11 Å². The first-order valence-electron chi connectivity index (χ1n) is 8.88. The third kappa shape index (κ3) is 5.83. The van der Waals surface area contributed by atoms with Gasteiger partial charge in [-0.1, -0.05) is 48.6 Å². The number of benzene rings is 2. The van der Waals surface area contributed by atoms with Crippen LogP contribution in [0.2, 0.25) is 0 Å². The zero-order valence-corrected chi connectivity index (χ0v) is 16.1. The van der Waals surface area contributed by atoms with Gasteiger partial charge in [-0.2, -0.15) is 0 Å². The third-order valence-electron chi connectivity index (χ3n) is 4.46. The number of halogens is 2. The van der Waals surface area contributed by atoms with Crippen molar-refractivity contribution in [3.63, 3.8) is 0 Å². The summed E-state index contributed by atoms with van der Waals surface area (Å²) < 4.78 is 31.2. The minimum atomic E-state index is -3.18. The molecule has 0 aliphatic rings. The molecule has 0 fully saturated rings. The molecule has 6 nitrogen and oxygen atoms in total. The van der Waals surface area contributed by atoms with Gasteiger partial charge in [0.25, 0.3) is 12.3 Å². The lowest BCUT2D eigenvalue weighted by atomic mass is 9.96. The Bertz CT molecular complexity index is 839. The highest BCUT2D eigenvalue weighted by molar-refractivity contribution is 5.82. The van der Waals surface area contributed by atoms with Gasteiger partial charge in [0, 0.05) is 6.54 Å². The van der Waals surface area contributed by atoms with E-state index >= 15 is 0 Å². The maximum atomic E-state index is 13.0. The molecule has 0 saturated carbocycles. The van der Waals surface area contributed by atoms with Gasteiger partial charge in [-0.15, -0.1) is 0 Å². The van der Waals surface area contributed by atoms with Crippen molar-refractivity contribution in [1.29, 1.82) is 0 Å². The van der Waals surface area contributed by atoms with Crippen molar-refractivity contribution >= 4 is 12.0 Å². The molecule has 0 aliphatic carbocycles. The monoisotopic (exact) mass is 406 g/mol. The molecule has 0 aliphatic heterocycles. The predicted octanol–water partition coefficient (Wildman–Crippen LogP) is 2.86. The van der Waals surface area contributed by atoms with Crippen LogP contribution in [0.4, 0.5) is 8.78 Å². The van der Waals surface area contributed by atoms with E-state index in [2.05, 4.69) is 5.32 Å². The SMILES string of the molecule is COc1cccc(-c2ccc(/C=C/CN[C@H](C(=O)NO)[C@](C)(O)C(F)F)cc2)c1. The van der Waals surface area contributed by atoms with Crippen LogP contribution in [0.3, 0.4) is 0 Å². The molecule has 1 amide bonds. The number of nitrogens with one attached hydrogen (secondary N) is 2. The molecular formula is C21H24F2N2O4. The van der Waals surface area contributed by atoms with Gasteiger partial charge >= 0.3 is 0 Å². The first-order valence-corrected chi connectivity index (χ1v) is 8.88. The first-order chi connectivity index (χ1) is 13.8. The Balaban J connectivity index is 2.01. The lowest BCUT2D eigenvalue weighted by Gasteiger charge is -2.30. The molecule has 0 heterocycles. The normalized spacial score (nSPS) is 14.6. The maximum absolute atomic E-state index is 13.0. The molecule has 0 bridgehead atoms. The lowest BCUT2D eigenvalue weighted by molar-refractivity contribution is -0.150. The molecule has 2 atom stereocenters. The van der Waals surface area contributed by atoms with Crippen LogP contribution in [0.15, 0.2) is 54.6 Å². The average molecular weight is 406 g/mol. The minimum absolute atomic E-state index is 0.0264. The number of alkyl halides is 2. The molecular weight excluding hydrogens is 382 g/mol. The number of hydrogen-bond acceptors (Lipinski definition) is 5. The second-order valence-corrected chi connectivity index (χ2v) is 6.60. The fourth-order valence-corrected chi connectivity index (χ4v) is 2.73. The molecule has 0 radical (unpaired) electrons. The smallest absolute Gasteiger partial charge is 0.268 e. The van der Waals surface area contributed by atoms with Gasteiger partial charge in [-0.3, -0.25) is 15.3 Å². The fourth-order valence-electron chi connectivity index (χ4n) is 2.73. The topological polar surface area (TPSA) is 90.8 Å². The maximum Gasteiger partial charge on any atom is 0.268 e. The Morgan fingerprint density at radius 2 is 1.90 bits per heavy atom. The minimum Gasteiger partial charge on any atom is -0.497 e. The molecule has 0 aromatic heterocycles. The molecule has 2 aromatic carbocycles. The quantitative estimate of drug-likeness (QED) is 0.380. The summed E-state index contributed by atoms with van der Waals surface area (Å²) >= 11 is 0. The van der Waals surface area contributed by atoms with Crippen LogP contribution in [0.5, 0.6) is 5.75 Å². The molecule has 2 rings (SSSR count). The van der Waals surface area contributed by atoms with E-state index in [9.17, 15) is 18.7 Å². The predicted molar refractivity (Wildman–Crippen MR) is 106 cm³/mol. The Morgan fingerprint density at radius 1 is 1.21 bits per heavy atom. The average Bonchev–Trinajstić information content (AvgIpc) is 2.73. The van der Waals surface area contributed by atoms with Crippen molar-refractivity contribution < 1.29 is 28.6 Å². The molecule has 2 aromatic rings. The molecule has 156 valence electrons. The highest BCUT2D eigenvalue weighted by Crippen LogP contribution is 2.24. The van der Waals surface area contributed by atoms with Gasteiger partial charge in [0.2, 0.25) is 0 Å². The zero-order chi connectivity index (χ0) is 21.4. The van der Waals surface area contributed by atoms with E-state index in [1.165, 1.54) is 5.48 Å². The number of amides is 1. The van der Waals surface area contributed by atoms with Crippen LogP contribution >= 0.6 is 0 Å². The van der Waals surface area contributed by atoms with E-state index in [1.54, 1.807) is 19.3 Å². The van der Waals surface area contributed by atoms with Crippen molar-refractivity contribution in [3.8, 4) is 16.9 Å². The first kappa shape index (κ1) is 22.5. The van der Waals surface area contributed by atoms with Crippen molar-refractivity contribution in [2.75, 3.05) is 13.7 Å². The lowest BCUT2D eigenvalue weighted by Crippen LogP contribution is -2.60. The second kappa shape index (κ2) is 10.1. The molecule has 0 saturated heterocycles. The molecule has 29 heavy (non-hydrogen) atoms.